The number of piperazine rings is 1. The molecule has 1 heterocycles. The number of benzene rings is 2. The Hall–Kier alpha value is -2.08. The van der Waals surface area contributed by atoms with Crippen LogP contribution in [0.3, 0.4) is 0 Å². The lowest BCUT2D eigenvalue weighted by Crippen LogP contribution is -2.49. The number of nitrogens with zero attached hydrogens (tertiary/aromatic N) is 2. The first-order valence-electron chi connectivity index (χ1n) is 9.69. The summed E-state index contributed by atoms with van der Waals surface area (Å²) in [6.45, 7) is 6.64. The summed E-state index contributed by atoms with van der Waals surface area (Å²) >= 11 is 6.00. The first-order chi connectivity index (χ1) is 13.5. The van der Waals surface area contributed by atoms with Gasteiger partial charge in [-0.3, -0.25) is 9.69 Å². The molecule has 2 atom stereocenters. The zero-order chi connectivity index (χ0) is 19.9. The summed E-state index contributed by atoms with van der Waals surface area (Å²) in [4.78, 5) is 17.5. The second-order valence-corrected chi connectivity index (χ2v) is 7.73. The standard InChI is InChI=1S/C22H28ClN3O2/c1-17(28-20-10-6-9-19(23)15-20)22(27)24-21(18-7-4-3-5-8-18)16-26-13-11-25(2)12-14-26/h3-10,15,17,21H,11-14,16H2,1-2H3,(H,24,27). The molecule has 6 heteroatoms. The first-order valence-corrected chi connectivity index (χ1v) is 10.1. The van der Waals surface area contributed by atoms with Gasteiger partial charge in [0.15, 0.2) is 6.10 Å². The van der Waals surface area contributed by atoms with Crippen molar-refractivity contribution in [3.8, 4) is 5.75 Å². The van der Waals surface area contributed by atoms with Gasteiger partial charge in [0.1, 0.15) is 5.75 Å². The van der Waals surface area contributed by atoms with Crippen LogP contribution in [0.25, 0.3) is 0 Å². The molecule has 0 radical (unpaired) electrons. The maximum Gasteiger partial charge on any atom is 0.261 e. The molecule has 2 unspecified atom stereocenters. The van der Waals surface area contributed by atoms with Gasteiger partial charge in [-0.05, 0) is 37.7 Å². The molecule has 2 aromatic carbocycles. The van der Waals surface area contributed by atoms with Gasteiger partial charge < -0.3 is 15.0 Å². The van der Waals surface area contributed by atoms with Gasteiger partial charge in [-0.1, -0.05) is 48.0 Å². The smallest absolute Gasteiger partial charge is 0.261 e. The fourth-order valence-corrected chi connectivity index (χ4v) is 3.48. The van der Waals surface area contributed by atoms with Crippen molar-refractivity contribution in [1.82, 2.24) is 15.1 Å². The Kier molecular flexibility index (Phi) is 7.31. The molecule has 5 nitrogen and oxygen atoms in total. The van der Waals surface area contributed by atoms with Crippen molar-refractivity contribution in [2.24, 2.45) is 0 Å². The van der Waals surface area contributed by atoms with Crippen molar-refractivity contribution < 1.29 is 9.53 Å². The van der Waals surface area contributed by atoms with Gasteiger partial charge in [0.05, 0.1) is 6.04 Å². The molecular weight excluding hydrogens is 374 g/mol. The number of halogens is 1. The number of ether oxygens (including phenoxy) is 1. The summed E-state index contributed by atoms with van der Waals surface area (Å²) in [5, 5.41) is 3.76. The Morgan fingerprint density at radius 1 is 1.11 bits per heavy atom. The molecule has 28 heavy (non-hydrogen) atoms. The Morgan fingerprint density at radius 2 is 1.82 bits per heavy atom. The van der Waals surface area contributed by atoms with Crippen molar-refractivity contribution in [3.63, 3.8) is 0 Å². The number of carbonyl (C=O) groups is 1. The van der Waals surface area contributed by atoms with Crippen LogP contribution in [0.1, 0.15) is 18.5 Å². The van der Waals surface area contributed by atoms with Gasteiger partial charge in [-0.2, -0.15) is 0 Å². The third kappa shape index (κ3) is 5.96. The fourth-order valence-electron chi connectivity index (χ4n) is 3.30. The lowest BCUT2D eigenvalue weighted by molar-refractivity contribution is -0.128. The molecule has 1 fully saturated rings. The molecule has 0 bridgehead atoms. The Morgan fingerprint density at radius 3 is 2.50 bits per heavy atom. The molecule has 0 aromatic heterocycles. The summed E-state index contributed by atoms with van der Waals surface area (Å²) in [6.07, 6.45) is -0.614. The normalized spacial score (nSPS) is 17.7. The second kappa shape index (κ2) is 9.92. The predicted octanol–water partition coefficient (Wildman–Crippen LogP) is 3.21. The number of carbonyl (C=O) groups excluding carboxylic acids is 1. The van der Waals surface area contributed by atoms with Gasteiger partial charge in [0, 0.05) is 37.7 Å². The molecule has 1 aliphatic heterocycles. The van der Waals surface area contributed by atoms with Crippen LogP contribution in [0.4, 0.5) is 0 Å². The van der Waals surface area contributed by atoms with E-state index in [4.69, 9.17) is 16.3 Å². The highest BCUT2D eigenvalue weighted by Crippen LogP contribution is 2.20. The van der Waals surface area contributed by atoms with Crippen LogP contribution in [-0.4, -0.2) is 61.6 Å². The van der Waals surface area contributed by atoms with E-state index in [1.807, 2.05) is 24.3 Å². The second-order valence-electron chi connectivity index (χ2n) is 7.29. The number of likely N-dealkylation sites (N-methyl/N-ethyl adjacent to an activating group) is 1. The van der Waals surface area contributed by atoms with E-state index in [1.54, 1.807) is 25.1 Å². The molecular formula is C22H28ClN3O2. The lowest BCUT2D eigenvalue weighted by Gasteiger charge is -2.35. The summed E-state index contributed by atoms with van der Waals surface area (Å²) in [7, 11) is 2.14. The predicted molar refractivity (Wildman–Crippen MR) is 113 cm³/mol. The van der Waals surface area contributed by atoms with Crippen LogP contribution in [-0.2, 0) is 4.79 Å². The van der Waals surface area contributed by atoms with E-state index in [0.717, 1.165) is 38.3 Å². The zero-order valence-electron chi connectivity index (χ0n) is 16.5. The van der Waals surface area contributed by atoms with Crippen molar-refractivity contribution >= 4 is 17.5 Å². The minimum absolute atomic E-state index is 0.0810. The van der Waals surface area contributed by atoms with E-state index in [0.29, 0.717) is 10.8 Å². The number of hydrogen-bond acceptors (Lipinski definition) is 4. The van der Waals surface area contributed by atoms with Gasteiger partial charge in [0.2, 0.25) is 0 Å². The molecule has 2 aromatic rings. The minimum atomic E-state index is -0.614. The first kappa shape index (κ1) is 20.6. The summed E-state index contributed by atoms with van der Waals surface area (Å²) in [6, 6.07) is 17.1. The average Bonchev–Trinajstić information content (AvgIpc) is 2.69. The molecule has 0 saturated carbocycles. The van der Waals surface area contributed by atoms with Gasteiger partial charge in [-0.15, -0.1) is 0 Å². The van der Waals surface area contributed by atoms with E-state index in [-0.39, 0.29) is 11.9 Å². The molecule has 3 rings (SSSR count). The Bertz CT molecular complexity index is 763. The Balaban J connectivity index is 1.65. The summed E-state index contributed by atoms with van der Waals surface area (Å²) in [5.74, 6) is 0.452. The van der Waals surface area contributed by atoms with E-state index in [9.17, 15) is 4.79 Å². The molecule has 150 valence electrons. The molecule has 1 N–H and O–H groups in total. The quantitative estimate of drug-likeness (QED) is 0.773. The third-order valence-corrected chi connectivity index (χ3v) is 5.27. The van der Waals surface area contributed by atoms with Crippen LogP contribution >= 0.6 is 11.6 Å². The van der Waals surface area contributed by atoms with Crippen LogP contribution in [0.5, 0.6) is 5.75 Å². The van der Waals surface area contributed by atoms with Crippen molar-refractivity contribution in [2.75, 3.05) is 39.8 Å². The van der Waals surface area contributed by atoms with Crippen LogP contribution in [0.2, 0.25) is 5.02 Å². The van der Waals surface area contributed by atoms with Crippen molar-refractivity contribution in [3.05, 3.63) is 65.2 Å². The van der Waals surface area contributed by atoms with Crippen LogP contribution in [0.15, 0.2) is 54.6 Å². The van der Waals surface area contributed by atoms with Gasteiger partial charge in [-0.25, -0.2) is 0 Å². The van der Waals surface area contributed by atoms with Gasteiger partial charge >= 0.3 is 0 Å². The average molecular weight is 402 g/mol. The highest BCUT2D eigenvalue weighted by atomic mass is 35.5. The van der Waals surface area contributed by atoms with E-state index >= 15 is 0 Å². The Labute approximate surface area is 172 Å². The lowest BCUT2D eigenvalue weighted by atomic mass is 10.1. The van der Waals surface area contributed by atoms with E-state index in [1.165, 1.54) is 0 Å². The number of amides is 1. The molecule has 1 saturated heterocycles. The molecule has 0 spiro atoms. The molecule has 0 aliphatic carbocycles. The SMILES string of the molecule is CC(Oc1cccc(Cl)c1)C(=O)NC(CN1CCN(C)CC1)c1ccccc1. The van der Waals surface area contributed by atoms with Gasteiger partial charge in [0.25, 0.3) is 5.91 Å². The zero-order valence-corrected chi connectivity index (χ0v) is 17.2. The maximum absolute atomic E-state index is 12.8. The van der Waals surface area contributed by atoms with Crippen molar-refractivity contribution in [2.45, 2.75) is 19.1 Å². The van der Waals surface area contributed by atoms with E-state index in [2.05, 4.69) is 34.3 Å². The molecule has 1 aliphatic rings. The van der Waals surface area contributed by atoms with Crippen LogP contribution in [0, 0.1) is 0 Å². The minimum Gasteiger partial charge on any atom is -0.481 e. The highest BCUT2D eigenvalue weighted by molar-refractivity contribution is 6.30. The number of hydrogen-bond donors (Lipinski definition) is 1. The largest absolute Gasteiger partial charge is 0.481 e. The summed E-state index contributed by atoms with van der Waals surface area (Å²) in [5.41, 5.74) is 1.10. The number of rotatable bonds is 7. The number of nitrogens with one attached hydrogen (secondary N) is 1. The van der Waals surface area contributed by atoms with Crippen LogP contribution < -0.4 is 10.1 Å². The topological polar surface area (TPSA) is 44.8 Å². The molecule has 1 amide bonds. The summed E-state index contributed by atoms with van der Waals surface area (Å²) < 4.78 is 5.78. The van der Waals surface area contributed by atoms with E-state index < -0.39 is 6.10 Å². The fraction of sp³-hybridized carbons (Fsp3) is 0.409. The third-order valence-electron chi connectivity index (χ3n) is 5.03. The maximum atomic E-state index is 12.8. The monoisotopic (exact) mass is 401 g/mol. The van der Waals surface area contributed by atoms with Crippen molar-refractivity contribution in [1.29, 1.82) is 0 Å². The highest BCUT2D eigenvalue weighted by Gasteiger charge is 2.24.